The fraction of sp³-hybridized carbons (Fsp3) is 0.235. The molecule has 0 unspecified atom stereocenters. The van der Waals surface area contributed by atoms with Gasteiger partial charge < -0.3 is 10.1 Å². The van der Waals surface area contributed by atoms with Crippen molar-refractivity contribution < 1.29 is 9.53 Å². The molecule has 1 aliphatic heterocycles. The highest BCUT2D eigenvalue weighted by Crippen LogP contribution is 2.31. The zero-order valence-corrected chi connectivity index (χ0v) is 13.1. The first-order valence-corrected chi connectivity index (χ1v) is 7.77. The summed E-state index contributed by atoms with van der Waals surface area (Å²) >= 11 is 3.39. The fourth-order valence-corrected chi connectivity index (χ4v) is 2.79. The summed E-state index contributed by atoms with van der Waals surface area (Å²) in [6, 6.07) is 15.7. The Labute approximate surface area is 132 Å². The standard InChI is InChI=1S/C17H16BrNO2/c18-13-7-5-12(6-8-13)11-17(20)19-15-9-10-21-16-4-2-1-3-14(15)16/h1-8,15H,9-11H2,(H,19,20)/t15-/m1/s1. The van der Waals surface area contributed by atoms with Crippen molar-refractivity contribution in [1.82, 2.24) is 5.32 Å². The molecule has 0 fully saturated rings. The summed E-state index contributed by atoms with van der Waals surface area (Å²) in [6.07, 6.45) is 1.20. The molecule has 0 aliphatic carbocycles. The van der Waals surface area contributed by atoms with Gasteiger partial charge in [0.15, 0.2) is 0 Å². The van der Waals surface area contributed by atoms with E-state index >= 15 is 0 Å². The van der Waals surface area contributed by atoms with Gasteiger partial charge in [-0.2, -0.15) is 0 Å². The van der Waals surface area contributed by atoms with Crippen LogP contribution in [0.25, 0.3) is 0 Å². The average molecular weight is 346 g/mol. The second-order valence-corrected chi connectivity index (χ2v) is 6.01. The third-order valence-corrected chi connectivity index (χ3v) is 4.10. The summed E-state index contributed by atoms with van der Waals surface area (Å²) < 4.78 is 6.63. The molecule has 108 valence electrons. The van der Waals surface area contributed by atoms with Crippen LogP contribution in [0.15, 0.2) is 53.0 Å². The van der Waals surface area contributed by atoms with E-state index in [0.717, 1.165) is 27.8 Å². The van der Waals surface area contributed by atoms with Crippen LogP contribution in [0.5, 0.6) is 5.75 Å². The van der Waals surface area contributed by atoms with Gasteiger partial charge in [-0.25, -0.2) is 0 Å². The normalized spacial score (nSPS) is 16.7. The lowest BCUT2D eigenvalue weighted by atomic mass is 10.00. The second-order valence-electron chi connectivity index (χ2n) is 5.10. The number of nitrogens with one attached hydrogen (secondary N) is 1. The number of amides is 1. The largest absolute Gasteiger partial charge is 0.493 e. The summed E-state index contributed by atoms with van der Waals surface area (Å²) in [6.45, 7) is 0.639. The zero-order chi connectivity index (χ0) is 14.7. The maximum absolute atomic E-state index is 12.2. The van der Waals surface area contributed by atoms with Crippen molar-refractivity contribution in [3.05, 3.63) is 64.1 Å². The number of hydrogen-bond acceptors (Lipinski definition) is 2. The van der Waals surface area contributed by atoms with Crippen molar-refractivity contribution >= 4 is 21.8 Å². The summed E-state index contributed by atoms with van der Waals surface area (Å²) in [5.41, 5.74) is 2.07. The van der Waals surface area contributed by atoms with Crippen LogP contribution in [-0.2, 0) is 11.2 Å². The predicted molar refractivity (Wildman–Crippen MR) is 85.3 cm³/mol. The highest BCUT2D eigenvalue weighted by Gasteiger charge is 2.22. The molecule has 21 heavy (non-hydrogen) atoms. The lowest BCUT2D eigenvalue weighted by molar-refractivity contribution is -0.121. The van der Waals surface area contributed by atoms with Gasteiger partial charge >= 0.3 is 0 Å². The molecule has 0 radical (unpaired) electrons. The summed E-state index contributed by atoms with van der Waals surface area (Å²) in [5, 5.41) is 3.11. The maximum atomic E-state index is 12.2. The SMILES string of the molecule is O=C(Cc1ccc(Br)cc1)N[C@@H]1CCOc2ccccc21. The van der Waals surface area contributed by atoms with E-state index in [4.69, 9.17) is 4.74 Å². The minimum absolute atomic E-state index is 0.0397. The molecular formula is C17H16BrNO2. The molecule has 0 spiro atoms. The van der Waals surface area contributed by atoms with Crippen LogP contribution in [0.2, 0.25) is 0 Å². The van der Waals surface area contributed by atoms with Crippen molar-refractivity contribution in [2.45, 2.75) is 18.9 Å². The Kier molecular flexibility index (Phi) is 4.25. The molecule has 2 aromatic rings. The molecule has 1 N–H and O–H groups in total. The Hall–Kier alpha value is -1.81. The van der Waals surface area contributed by atoms with Crippen molar-refractivity contribution in [2.24, 2.45) is 0 Å². The van der Waals surface area contributed by atoms with Crippen LogP contribution < -0.4 is 10.1 Å². The van der Waals surface area contributed by atoms with Crippen LogP contribution >= 0.6 is 15.9 Å². The number of carbonyl (C=O) groups is 1. The van der Waals surface area contributed by atoms with Crippen LogP contribution in [-0.4, -0.2) is 12.5 Å². The minimum atomic E-state index is 0.0397. The summed E-state index contributed by atoms with van der Waals surface area (Å²) in [4.78, 5) is 12.2. The highest BCUT2D eigenvalue weighted by atomic mass is 79.9. The quantitative estimate of drug-likeness (QED) is 0.922. The maximum Gasteiger partial charge on any atom is 0.224 e. The van der Waals surface area contributed by atoms with E-state index in [1.165, 1.54) is 0 Å². The number of halogens is 1. The van der Waals surface area contributed by atoms with Crippen LogP contribution in [0, 0.1) is 0 Å². The van der Waals surface area contributed by atoms with E-state index in [1.807, 2.05) is 48.5 Å². The van der Waals surface area contributed by atoms with E-state index in [1.54, 1.807) is 0 Å². The van der Waals surface area contributed by atoms with Crippen molar-refractivity contribution in [2.75, 3.05) is 6.61 Å². The first-order valence-electron chi connectivity index (χ1n) is 6.98. The lowest BCUT2D eigenvalue weighted by Gasteiger charge is -2.26. The van der Waals surface area contributed by atoms with E-state index in [0.29, 0.717) is 13.0 Å². The molecular weight excluding hydrogens is 330 g/mol. The van der Waals surface area contributed by atoms with E-state index in [9.17, 15) is 4.79 Å². The predicted octanol–water partition coefficient (Wildman–Crippen LogP) is 3.63. The van der Waals surface area contributed by atoms with Gasteiger partial charge in [-0.3, -0.25) is 4.79 Å². The molecule has 1 amide bonds. The molecule has 1 heterocycles. The topological polar surface area (TPSA) is 38.3 Å². The Bertz CT molecular complexity index is 639. The second kappa shape index (κ2) is 6.31. The molecule has 1 atom stereocenters. The number of fused-ring (bicyclic) bond motifs is 1. The minimum Gasteiger partial charge on any atom is -0.493 e. The van der Waals surface area contributed by atoms with Crippen molar-refractivity contribution in [3.63, 3.8) is 0 Å². The lowest BCUT2D eigenvalue weighted by Crippen LogP contribution is -2.33. The first-order chi connectivity index (χ1) is 10.2. The average Bonchev–Trinajstić information content (AvgIpc) is 2.50. The van der Waals surface area contributed by atoms with E-state index in [2.05, 4.69) is 21.2 Å². The fourth-order valence-electron chi connectivity index (χ4n) is 2.53. The molecule has 0 saturated heterocycles. The van der Waals surface area contributed by atoms with Gasteiger partial charge in [-0.15, -0.1) is 0 Å². The Morgan fingerprint density at radius 3 is 2.76 bits per heavy atom. The van der Waals surface area contributed by atoms with Crippen molar-refractivity contribution in [1.29, 1.82) is 0 Å². The molecule has 3 nitrogen and oxygen atoms in total. The molecule has 2 aromatic carbocycles. The summed E-state index contributed by atoms with van der Waals surface area (Å²) in [5.74, 6) is 0.914. The number of hydrogen-bond donors (Lipinski definition) is 1. The Morgan fingerprint density at radius 1 is 1.19 bits per heavy atom. The molecule has 1 aliphatic rings. The molecule has 4 heteroatoms. The van der Waals surface area contributed by atoms with Gasteiger partial charge in [-0.1, -0.05) is 46.3 Å². The number of para-hydroxylation sites is 1. The number of ether oxygens (including phenoxy) is 1. The monoisotopic (exact) mass is 345 g/mol. The van der Waals surface area contributed by atoms with Crippen LogP contribution in [0.3, 0.4) is 0 Å². The van der Waals surface area contributed by atoms with Gasteiger partial charge in [0.05, 0.1) is 19.1 Å². The Balaban J connectivity index is 1.67. The van der Waals surface area contributed by atoms with Gasteiger partial charge in [0.2, 0.25) is 5.91 Å². The van der Waals surface area contributed by atoms with Gasteiger partial charge in [0, 0.05) is 16.5 Å². The van der Waals surface area contributed by atoms with E-state index in [-0.39, 0.29) is 11.9 Å². The highest BCUT2D eigenvalue weighted by molar-refractivity contribution is 9.10. The number of carbonyl (C=O) groups excluding carboxylic acids is 1. The molecule has 0 aromatic heterocycles. The summed E-state index contributed by atoms with van der Waals surface area (Å²) in [7, 11) is 0. The third kappa shape index (κ3) is 3.45. The van der Waals surface area contributed by atoms with Crippen molar-refractivity contribution in [3.8, 4) is 5.75 Å². The van der Waals surface area contributed by atoms with Crippen LogP contribution in [0.1, 0.15) is 23.6 Å². The van der Waals surface area contributed by atoms with Gasteiger partial charge in [0.1, 0.15) is 5.75 Å². The smallest absolute Gasteiger partial charge is 0.224 e. The third-order valence-electron chi connectivity index (χ3n) is 3.57. The van der Waals surface area contributed by atoms with Gasteiger partial charge in [-0.05, 0) is 23.8 Å². The number of rotatable bonds is 3. The zero-order valence-electron chi connectivity index (χ0n) is 11.5. The number of benzene rings is 2. The van der Waals surface area contributed by atoms with Crippen LogP contribution in [0.4, 0.5) is 0 Å². The molecule has 0 bridgehead atoms. The molecule has 0 saturated carbocycles. The molecule has 3 rings (SSSR count). The van der Waals surface area contributed by atoms with E-state index < -0.39 is 0 Å². The van der Waals surface area contributed by atoms with Gasteiger partial charge in [0.25, 0.3) is 0 Å². The first kappa shape index (κ1) is 14.1. The Morgan fingerprint density at radius 2 is 1.95 bits per heavy atom.